The summed E-state index contributed by atoms with van der Waals surface area (Å²) < 4.78 is 0. The van der Waals surface area contributed by atoms with E-state index >= 15 is 0 Å². The highest BCUT2D eigenvalue weighted by molar-refractivity contribution is 6.12. The van der Waals surface area contributed by atoms with Crippen LogP contribution >= 0.6 is 0 Å². The zero-order valence-electron chi connectivity index (χ0n) is 23.4. The second-order valence-electron chi connectivity index (χ2n) is 9.20. The maximum absolute atomic E-state index is 5.01. The summed E-state index contributed by atoms with van der Waals surface area (Å²) in [5, 5.41) is 0. The Morgan fingerprint density at radius 3 is 2.54 bits per heavy atom. The molecule has 0 saturated heterocycles. The van der Waals surface area contributed by atoms with E-state index in [0.29, 0.717) is 5.82 Å². The molecule has 2 aromatic rings. The van der Waals surface area contributed by atoms with E-state index in [0.717, 1.165) is 65.7 Å². The number of allylic oxidation sites excluding steroid dienone is 8. The molecular formula is C31H40N6. The van der Waals surface area contributed by atoms with Crippen LogP contribution in [0.15, 0.2) is 82.8 Å². The van der Waals surface area contributed by atoms with Crippen molar-refractivity contribution in [3.05, 3.63) is 89.2 Å². The summed E-state index contributed by atoms with van der Waals surface area (Å²) in [5.74, 6) is 1.56. The normalized spacial score (nSPS) is 16.1. The zero-order chi connectivity index (χ0) is 26.8. The largest absolute Gasteiger partial charge is 0.381 e. The third-order valence-corrected chi connectivity index (χ3v) is 6.21. The average Bonchev–Trinajstić information content (AvgIpc) is 2.90. The van der Waals surface area contributed by atoms with Gasteiger partial charge >= 0.3 is 0 Å². The van der Waals surface area contributed by atoms with Crippen molar-refractivity contribution < 1.29 is 0 Å². The summed E-state index contributed by atoms with van der Waals surface area (Å²) in [6, 6.07) is 6.07. The number of hydrogen-bond acceptors (Lipinski definition) is 6. The Morgan fingerprint density at radius 2 is 1.86 bits per heavy atom. The van der Waals surface area contributed by atoms with Crippen LogP contribution in [0.25, 0.3) is 17.5 Å². The van der Waals surface area contributed by atoms with E-state index in [1.165, 1.54) is 5.70 Å². The van der Waals surface area contributed by atoms with Gasteiger partial charge in [-0.05, 0) is 63.5 Å². The lowest BCUT2D eigenvalue weighted by Gasteiger charge is -2.22. The highest BCUT2D eigenvalue weighted by atomic mass is 15.2. The maximum atomic E-state index is 5.01. The highest BCUT2D eigenvalue weighted by Crippen LogP contribution is 2.24. The molecule has 0 spiro atoms. The van der Waals surface area contributed by atoms with Crippen LogP contribution in [-0.4, -0.2) is 52.7 Å². The molecule has 37 heavy (non-hydrogen) atoms. The third kappa shape index (κ3) is 7.35. The fourth-order valence-electron chi connectivity index (χ4n) is 4.05. The van der Waals surface area contributed by atoms with Crippen LogP contribution in [0, 0.1) is 6.92 Å². The maximum Gasteiger partial charge on any atom is 0.155 e. The molecule has 3 rings (SSSR count). The van der Waals surface area contributed by atoms with Gasteiger partial charge in [0.25, 0.3) is 0 Å². The molecule has 6 nitrogen and oxygen atoms in total. The first-order chi connectivity index (χ1) is 17.9. The minimum absolute atomic E-state index is 0.647. The molecule has 0 fully saturated rings. The molecule has 0 aliphatic heterocycles. The predicted molar refractivity (Wildman–Crippen MR) is 158 cm³/mol. The number of aryl methyl sites for hydroxylation is 1. The predicted octanol–water partition coefficient (Wildman–Crippen LogP) is 6.79. The van der Waals surface area contributed by atoms with Crippen molar-refractivity contribution in [1.29, 1.82) is 0 Å². The number of aliphatic imine (C=N–C) groups is 1. The molecule has 0 radical (unpaired) electrons. The van der Waals surface area contributed by atoms with Crippen LogP contribution in [0.2, 0.25) is 0 Å². The third-order valence-electron chi connectivity index (χ3n) is 6.21. The second-order valence-corrected chi connectivity index (χ2v) is 9.20. The summed E-state index contributed by atoms with van der Waals surface area (Å²) in [6.07, 6.45) is 18.1. The van der Waals surface area contributed by atoms with Gasteiger partial charge < -0.3 is 9.80 Å². The lowest BCUT2D eigenvalue weighted by Crippen LogP contribution is -2.25. The van der Waals surface area contributed by atoms with Gasteiger partial charge in [0.2, 0.25) is 0 Å². The lowest BCUT2D eigenvalue weighted by atomic mass is 10.0. The van der Waals surface area contributed by atoms with Crippen LogP contribution in [0.4, 0.5) is 5.82 Å². The van der Waals surface area contributed by atoms with Crippen LogP contribution in [0.1, 0.15) is 51.9 Å². The standard InChI is InChI=1S/C31H40N6/c1-8-14-25(33-27-17-12-11-16-26(27)24(5)36(6)7)18-19-29-34-28(31-23(4)15-13-20-32-31)22-30(35-29)37(10-3)21-9-2/h11-20,22H,8-10,21H2,1-7H3/b19-18+,25-14+,26-24+,33-27-. The Morgan fingerprint density at radius 1 is 1.08 bits per heavy atom. The monoisotopic (exact) mass is 496 g/mol. The molecule has 194 valence electrons. The van der Waals surface area contributed by atoms with Gasteiger partial charge in [0.05, 0.1) is 22.8 Å². The van der Waals surface area contributed by atoms with E-state index in [4.69, 9.17) is 15.0 Å². The first-order valence-corrected chi connectivity index (χ1v) is 13.1. The molecule has 1 aliphatic carbocycles. The van der Waals surface area contributed by atoms with Crippen molar-refractivity contribution in [1.82, 2.24) is 19.9 Å². The van der Waals surface area contributed by atoms with E-state index in [2.05, 4.69) is 99.9 Å². The van der Waals surface area contributed by atoms with E-state index in [1.807, 2.05) is 30.5 Å². The van der Waals surface area contributed by atoms with Gasteiger partial charge in [-0.2, -0.15) is 0 Å². The Labute approximate surface area is 222 Å². The topological polar surface area (TPSA) is 57.5 Å². The van der Waals surface area contributed by atoms with Crippen molar-refractivity contribution in [3.63, 3.8) is 0 Å². The summed E-state index contributed by atoms with van der Waals surface area (Å²) in [6.45, 7) is 12.5. The molecule has 0 unspecified atom stereocenters. The van der Waals surface area contributed by atoms with Crippen molar-refractivity contribution in [2.24, 2.45) is 4.99 Å². The highest BCUT2D eigenvalue weighted by Gasteiger charge is 2.13. The number of anilines is 1. The molecule has 0 N–H and O–H groups in total. The second kappa shape index (κ2) is 13.5. The molecule has 6 heteroatoms. The van der Waals surface area contributed by atoms with Crippen molar-refractivity contribution in [3.8, 4) is 11.4 Å². The van der Waals surface area contributed by atoms with E-state index in [-0.39, 0.29) is 0 Å². The van der Waals surface area contributed by atoms with Crippen molar-refractivity contribution >= 4 is 17.6 Å². The molecule has 0 aromatic carbocycles. The fraction of sp³-hybridized carbons (Fsp3) is 0.355. The molecule has 1 aliphatic rings. The molecule has 2 heterocycles. The van der Waals surface area contributed by atoms with E-state index in [9.17, 15) is 0 Å². The Bertz CT molecular complexity index is 1260. The summed E-state index contributed by atoms with van der Waals surface area (Å²) in [4.78, 5) is 23.8. The molecule has 2 aromatic heterocycles. The zero-order valence-corrected chi connectivity index (χ0v) is 23.4. The van der Waals surface area contributed by atoms with Crippen LogP contribution < -0.4 is 4.90 Å². The summed E-state index contributed by atoms with van der Waals surface area (Å²) in [5.41, 5.74) is 6.91. The Kier molecular flexibility index (Phi) is 10.1. The van der Waals surface area contributed by atoms with Gasteiger partial charge in [-0.1, -0.05) is 44.2 Å². The molecule has 0 amide bonds. The van der Waals surface area contributed by atoms with Gasteiger partial charge in [-0.15, -0.1) is 0 Å². The Balaban J connectivity index is 2.06. The van der Waals surface area contributed by atoms with Gasteiger partial charge in [-0.25, -0.2) is 15.0 Å². The molecule has 0 atom stereocenters. The van der Waals surface area contributed by atoms with Crippen molar-refractivity contribution in [2.45, 2.75) is 47.5 Å². The quantitative estimate of drug-likeness (QED) is 0.339. The smallest absolute Gasteiger partial charge is 0.155 e. The lowest BCUT2D eigenvalue weighted by molar-refractivity contribution is 0.511. The fourth-order valence-corrected chi connectivity index (χ4v) is 4.05. The van der Waals surface area contributed by atoms with Crippen LogP contribution in [-0.2, 0) is 0 Å². The minimum Gasteiger partial charge on any atom is -0.381 e. The number of pyridine rings is 1. The van der Waals surface area contributed by atoms with E-state index in [1.54, 1.807) is 0 Å². The van der Waals surface area contributed by atoms with Crippen LogP contribution in [0.5, 0.6) is 0 Å². The minimum atomic E-state index is 0.647. The SMILES string of the molecule is CC/C=C(\C=C\c1nc(-c2ncccc2C)cc(N(CC)CCC)n1)/N=C1/C=CC=C/C1=C(/C)N(C)C. The first-order valence-electron chi connectivity index (χ1n) is 13.1. The van der Waals surface area contributed by atoms with Crippen molar-refractivity contribution in [2.75, 3.05) is 32.1 Å². The van der Waals surface area contributed by atoms with E-state index < -0.39 is 0 Å². The van der Waals surface area contributed by atoms with Crippen LogP contribution in [0.3, 0.4) is 0 Å². The number of hydrogen-bond donors (Lipinski definition) is 0. The number of aromatic nitrogens is 3. The number of nitrogens with zero attached hydrogens (tertiary/aromatic N) is 6. The van der Waals surface area contributed by atoms with Gasteiger partial charge in [0.1, 0.15) is 5.82 Å². The molecule has 0 saturated carbocycles. The average molecular weight is 497 g/mol. The molecule has 0 bridgehead atoms. The Hall–Kier alpha value is -3.80. The van der Waals surface area contributed by atoms with Gasteiger partial charge in [0, 0.05) is 50.7 Å². The summed E-state index contributed by atoms with van der Waals surface area (Å²) >= 11 is 0. The van der Waals surface area contributed by atoms with Gasteiger partial charge in [-0.3, -0.25) is 4.98 Å². The number of rotatable bonds is 10. The summed E-state index contributed by atoms with van der Waals surface area (Å²) in [7, 11) is 4.11. The molecular weight excluding hydrogens is 456 g/mol. The van der Waals surface area contributed by atoms with Gasteiger partial charge in [0.15, 0.2) is 5.82 Å². The first kappa shape index (κ1) is 27.8.